The van der Waals surface area contributed by atoms with Crippen LogP contribution in [0.15, 0.2) is 0 Å². The van der Waals surface area contributed by atoms with E-state index in [4.69, 9.17) is 0 Å². The van der Waals surface area contributed by atoms with Crippen LogP contribution in [0.25, 0.3) is 0 Å². The molecule has 3 nitrogen and oxygen atoms in total. The highest BCUT2D eigenvalue weighted by Gasteiger charge is 2.43. The predicted molar refractivity (Wildman–Crippen MR) is 63.0 cm³/mol. The molecule has 0 aromatic carbocycles. The summed E-state index contributed by atoms with van der Waals surface area (Å²) in [7, 11) is 0. The molecule has 16 heavy (non-hydrogen) atoms. The van der Waals surface area contributed by atoms with Gasteiger partial charge in [0.1, 0.15) is 0 Å². The molecule has 2 heterocycles. The monoisotopic (exact) mass is 222 g/mol. The van der Waals surface area contributed by atoms with Crippen molar-refractivity contribution in [3.05, 3.63) is 0 Å². The fourth-order valence-electron chi connectivity index (χ4n) is 3.50. The second kappa shape index (κ2) is 4.02. The van der Waals surface area contributed by atoms with Gasteiger partial charge in [-0.1, -0.05) is 6.42 Å². The third-order valence-electron chi connectivity index (χ3n) is 4.86. The lowest BCUT2D eigenvalue weighted by Gasteiger charge is -2.33. The Morgan fingerprint density at radius 3 is 2.62 bits per heavy atom. The number of fused-ring (bicyclic) bond motifs is 2. The molecular formula is C13H22N2O. The first-order valence-corrected chi connectivity index (χ1v) is 6.80. The molecule has 4 unspecified atom stereocenters. The minimum absolute atomic E-state index is 0.251. The number of hydrogen-bond acceptors (Lipinski definition) is 2. The Labute approximate surface area is 97.4 Å². The van der Waals surface area contributed by atoms with Crippen molar-refractivity contribution in [2.24, 2.45) is 11.8 Å². The van der Waals surface area contributed by atoms with E-state index in [1.54, 1.807) is 0 Å². The van der Waals surface area contributed by atoms with Gasteiger partial charge in [0, 0.05) is 18.1 Å². The number of carbonyl (C=O) groups excluding carboxylic acids is 1. The number of carbonyl (C=O) groups is 1. The van der Waals surface area contributed by atoms with Crippen LogP contribution in [-0.4, -0.2) is 24.0 Å². The molecule has 3 aliphatic rings. The number of nitrogens with one attached hydrogen (secondary N) is 2. The average molecular weight is 222 g/mol. The highest BCUT2D eigenvalue weighted by Crippen LogP contribution is 2.34. The molecule has 90 valence electrons. The van der Waals surface area contributed by atoms with Gasteiger partial charge in [-0.05, 0) is 44.9 Å². The van der Waals surface area contributed by atoms with E-state index in [2.05, 4.69) is 17.6 Å². The van der Waals surface area contributed by atoms with E-state index in [9.17, 15) is 4.79 Å². The van der Waals surface area contributed by atoms with E-state index in [0.29, 0.717) is 24.0 Å². The van der Waals surface area contributed by atoms with Crippen LogP contribution in [0.3, 0.4) is 0 Å². The third kappa shape index (κ3) is 1.75. The van der Waals surface area contributed by atoms with Crippen molar-refractivity contribution in [3.63, 3.8) is 0 Å². The Hall–Kier alpha value is -0.570. The van der Waals surface area contributed by atoms with E-state index >= 15 is 0 Å². The van der Waals surface area contributed by atoms with Gasteiger partial charge in [0.2, 0.25) is 5.91 Å². The summed E-state index contributed by atoms with van der Waals surface area (Å²) in [6, 6.07) is 1.48. The van der Waals surface area contributed by atoms with Crippen molar-refractivity contribution < 1.29 is 4.79 Å². The molecule has 2 bridgehead atoms. The lowest BCUT2D eigenvalue weighted by Crippen LogP contribution is -2.45. The molecule has 0 spiro atoms. The quantitative estimate of drug-likeness (QED) is 0.758. The lowest BCUT2D eigenvalue weighted by atomic mass is 9.80. The zero-order valence-corrected chi connectivity index (χ0v) is 10.0. The van der Waals surface area contributed by atoms with Gasteiger partial charge in [0.15, 0.2) is 0 Å². The Morgan fingerprint density at radius 1 is 1.31 bits per heavy atom. The number of amides is 1. The fourth-order valence-corrected chi connectivity index (χ4v) is 3.50. The van der Waals surface area contributed by atoms with Crippen LogP contribution in [0.4, 0.5) is 0 Å². The largest absolute Gasteiger partial charge is 0.353 e. The number of rotatable bonds is 3. The maximum Gasteiger partial charge on any atom is 0.224 e. The predicted octanol–water partition coefficient (Wildman–Crippen LogP) is 1.43. The Morgan fingerprint density at radius 2 is 2.12 bits per heavy atom. The molecule has 1 aliphatic carbocycles. The molecule has 3 heteroatoms. The van der Waals surface area contributed by atoms with Crippen molar-refractivity contribution >= 4 is 5.91 Å². The molecule has 1 amide bonds. The van der Waals surface area contributed by atoms with E-state index in [1.165, 1.54) is 32.1 Å². The Balaban J connectivity index is 1.53. The van der Waals surface area contributed by atoms with Crippen LogP contribution in [0.5, 0.6) is 0 Å². The lowest BCUT2D eigenvalue weighted by molar-refractivity contribution is -0.126. The van der Waals surface area contributed by atoms with Crippen LogP contribution < -0.4 is 10.6 Å². The normalized spacial score (nSPS) is 39.4. The van der Waals surface area contributed by atoms with Crippen molar-refractivity contribution in [1.29, 1.82) is 0 Å². The van der Waals surface area contributed by atoms with Gasteiger partial charge in [-0.15, -0.1) is 0 Å². The van der Waals surface area contributed by atoms with Crippen LogP contribution in [0.1, 0.15) is 45.4 Å². The maximum absolute atomic E-state index is 12.1. The summed E-state index contributed by atoms with van der Waals surface area (Å²) in [6.45, 7) is 2.17. The molecule has 3 rings (SSSR count). The molecule has 2 N–H and O–H groups in total. The summed E-state index contributed by atoms with van der Waals surface area (Å²) < 4.78 is 0. The van der Waals surface area contributed by atoms with Crippen molar-refractivity contribution in [2.75, 3.05) is 0 Å². The summed E-state index contributed by atoms with van der Waals surface area (Å²) in [5.41, 5.74) is 0. The van der Waals surface area contributed by atoms with Gasteiger partial charge in [-0.3, -0.25) is 4.79 Å². The van der Waals surface area contributed by atoms with Crippen molar-refractivity contribution in [1.82, 2.24) is 10.6 Å². The van der Waals surface area contributed by atoms with Gasteiger partial charge in [-0.2, -0.15) is 0 Å². The van der Waals surface area contributed by atoms with Crippen LogP contribution >= 0.6 is 0 Å². The van der Waals surface area contributed by atoms with E-state index in [0.717, 1.165) is 12.3 Å². The molecule has 2 aliphatic heterocycles. The van der Waals surface area contributed by atoms with Gasteiger partial charge >= 0.3 is 0 Å². The first kappa shape index (κ1) is 10.6. The minimum Gasteiger partial charge on any atom is -0.353 e. The second-order valence-corrected chi connectivity index (χ2v) is 5.88. The van der Waals surface area contributed by atoms with E-state index in [-0.39, 0.29) is 5.92 Å². The van der Waals surface area contributed by atoms with Gasteiger partial charge in [-0.25, -0.2) is 0 Å². The Bertz CT molecular complexity index is 288. The first-order valence-electron chi connectivity index (χ1n) is 6.80. The summed E-state index contributed by atoms with van der Waals surface area (Å²) in [5.74, 6) is 1.30. The zero-order chi connectivity index (χ0) is 11.1. The van der Waals surface area contributed by atoms with E-state index in [1.807, 2.05) is 0 Å². The SMILES string of the molecule is CC(NC(=O)C1CC2CCC1N2)C1CCC1. The topological polar surface area (TPSA) is 41.1 Å². The second-order valence-electron chi connectivity index (χ2n) is 5.88. The standard InChI is InChI=1S/C13H22N2O/c1-8(9-3-2-4-9)14-13(16)11-7-10-5-6-12(11)15-10/h8-12,15H,2-7H2,1H3,(H,14,16). The van der Waals surface area contributed by atoms with Gasteiger partial charge in [0.05, 0.1) is 5.92 Å². The highest BCUT2D eigenvalue weighted by atomic mass is 16.2. The third-order valence-corrected chi connectivity index (χ3v) is 4.86. The zero-order valence-electron chi connectivity index (χ0n) is 10.0. The molecule has 1 saturated carbocycles. The molecule has 3 fully saturated rings. The number of hydrogen-bond donors (Lipinski definition) is 2. The van der Waals surface area contributed by atoms with E-state index < -0.39 is 0 Å². The summed E-state index contributed by atoms with van der Waals surface area (Å²) >= 11 is 0. The van der Waals surface area contributed by atoms with Crippen LogP contribution in [0, 0.1) is 11.8 Å². The van der Waals surface area contributed by atoms with Crippen LogP contribution in [0.2, 0.25) is 0 Å². The maximum atomic E-state index is 12.1. The molecule has 0 radical (unpaired) electrons. The first-order chi connectivity index (χ1) is 7.74. The smallest absolute Gasteiger partial charge is 0.224 e. The van der Waals surface area contributed by atoms with Crippen LogP contribution in [-0.2, 0) is 4.79 Å². The molecule has 4 atom stereocenters. The molecule has 0 aromatic heterocycles. The molecule has 0 aromatic rings. The van der Waals surface area contributed by atoms with Crippen molar-refractivity contribution in [2.45, 2.75) is 63.6 Å². The summed E-state index contributed by atoms with van der Waals surface area (Å²) in [5, 5.41) is 6.76. The summed E-state index contributed by atoms with van der Waals surface area (Å²) in [4.78, 5) is 12.1. The van der Waals surface area contributed by atoms with Gasteiger partial charge < -0.3 is 10.6 Å². The fraction of sp³-hybridized carbons (Fsp3) is 0.923. The van der Waals surface area contributed by atoms with Crippen molar-refractivity contribution in [3.8, 4) is 0 Å². The summed E-state index contributed by atoms with van der Waals surface area (Å²) in [6.07, 6.45) is 7.48. The Kier molecular flexibility index (Phi) is 2.66. The molecule has 2 saturated heterocycles. The average Bonchev–Trinajstić information content (AvgIpc) is 2.74. The highest BCUT2D eigenvalue weighted by molar-refractivity contribution is 5.80. The van der Waals surface area contributed by atoms with Gasteiger partial charge in [0.25, 0.3) is 0 Å². The molecular weight excluding hydrogens is 200 g/mol. The minimum atomic E-state index is 0.251.